The third-order valence-electron chi connectivity index (χ3n) is 3.24. The zero-order valence-electron chi connectivity index (χ0n) is 12.7. The Hall–Kier alpha value is -2.71. The van der Waals surface area contributed by atoms with Crippen molar-refractivity contribution in [2.75, 3.05) is 34.4 Å². The molecule has 1 N–H and O–H groups in total. The van der Waals surface area contributed by atoms with Gasteiger partial charge in [0.15, 0.2) is 16.5 Å². The number of methoxy groups -OCH3 is 3. The van der Waals surface area contributed by atoms with E-state index < -0.39 is 5.03 Å². The highest BCUT2D eigenvalue weighted by Crippen LogP contribution is 2.38. The van der Waals surface area contributed by atoms with Crippen molar-refractivity contribution in [1.82, 2.24) is 10.2 Å². The summed E-state index contributed by atoms with van der Waals surface area (Å²) in [4.78, 5) is 12.3. The van der Waals surface area contributed by atoms with Crippen molar-refractivity contribution in [3.05, 3.63) is 27.8 Å². The minimum Gasteiger partial charge on any atom is -0.493 e. The fourth-order valence-electron chi connectivity index (χ4n) is 2.30. The van der Waals surface area contributed by atoms with Crippen molar-refractivity contribution in [3.63, 3.8) is 0 Å². The average Bonchev–Trinajstić information content (AvgIpc) is 2.92. The number of guanidine groups is 1. The SMILES string of the molecule is COc1cc(CN2CCNC2=N[N+](=O)[O-])cc(OC)c1OC. The Kier molecular flexibility index (Phi) is 4.87. The molecule has 1 heterocycles. The number of rotatable bonds is 6. The summed E-state index contributed by atoms with van der Waals surface area (Å²) in [5, 5.41) is 16.0. The maximum absolute atomic E-state index is 10.5. The molecule has 22 heavy (non-hydrogen) atoms. The first-order valence-corrected chi connectivity index (χ1v) is 6.59. The molecular weight excluding hydrogens is 292 g/mol. The first kappa shape index (κ1) is 15.7. The summed E-state index contributed by atoms with van der Waals surface area (Å²) >= 11 is 0. The third kappa shape index (κ3) is 3.30. The van der Waals surface area contributed by atoms with Crippen molar-refractivity contribution < 1.29 is 19.2 Å². The molecule has 1 aliphatic rings. The lowest BCUT2D eigenvalue weighted by Crippen LogP contribution is -2.30. The topological polar surface area (TPSA) is 98.5 Å². The molecule has 2 rings (SSSR count). The van der Waals surface area contributed by atoms with Gasteiger partial charge >= 0.3 is 0 Å². The molecule has 9 heteroatoms. The van der Waals surface area contributed by atoms with Crippen LogP contribution in [-0.4, -0.2) is 50.3 Å². The number of ether oxygens (including phenoxy) is 3. The van der Waals surface area contributed by atoms with E-state index >= 15 is 0 Å². The van der Waals surface area contributed by atoms with Crippen LogP contribution in [0.3, 0.4) is 0 Å². The van der Waals surface area contributed by atoms with Gasteiger partial charge in [-0.2, -0.15) is 0 Å². The van der Waals surface area contributed by atoms with E-state index in [-0.39, 0.29) is 5.96 Å². The van der Waals surface area contributed by atoms with Gasteiger partial charge in [0, 0.05) is 19.6 Å². The molecule has 0 unspecified atom stereocenters. The Morgan fingerprint density at radius 3 is 2.41 bits per heavy atom. The van der Waals surface area contributed by atoms with E-state index in [9.17, 15) is 10.1 Å². The molecular formula is C13H18N4O5. The van der Waals surface area contributed by atoms with Crippen molar-refractivity contribution in [2.24, 2.45) is 5.10 Å². The molecule has 0 amide bonds. The number of nitrogens with one attached hydrogen (secondary N) is 1. The average molecular weight is 310 g/mol. The predicted molar refractivity (Wildman–Crippen MR) is 78.9 cm³/mol. The summed E-state index contributed by atoms with van der Waals surface area (Å²) in [6, 6.07) is 3.62. The zero-order valence-corrected chi connectivity index (χ0v) is 12.7. The largest absolute Gasteiger partial charge is 0.493 e. The summed E-state index contributed by atoms with van der Waals surface area (Å²) in [5.41, 5.74) is 0.870. The van der Waals surface area contributed by atoms with Gasteiger partial charge in [-0.25, -0.2) is 10.1 Å². The maximum atomic E-state index is 10.5. The van der Waals surface area contributed by atoms with Crippen LogP contribution < -0.4 is 19.5 Å². The van der Waals surface area contributed by atoms with Crippen LogP contribution in [0.1, 0.15) is 5.56 Å². The lowest BCUT2D eigenvalue weighted by atomic mass is 10.1. The third-order valence-corrected chi connectivity index (χ3v) is 3.24. The molecule has 1 fully saturated rings. The van der Waals surface area contributed by atoms with Crippen LogP contribution in [0, 0.1) is 10.1 Å². The van der Waals surface area contributed by atoms with Crippen molar-refractivity contribution >= 4 is 5.96 Å². The van der Waals surface area contributed by atoms with E-state index in [1.165, 1.54) is 21.3 Å². The highest BCUT2D eigenvalue weighted by molar-refractivity contribution is 5.81. The van der Waals surface area contributed by atoms with Crippen LogP contribution in [0.25, 0.3) is 0 Å². The number of hydrogen-bond donors (Lipinski definition) is 1. The molecule has 1 saturated heterocycles. The van der Waals surface area contributed by atoms with Crippen molar-refractivity contribution in [2.45, 2.75) is 6.54 Å². The van der Waals surface area contributed by atoms with Gasteiger partial charge in [-0.15, -0.1) is 0 Å². The number of nitro groups is 1. The fourth-order valence-corrected chi connectivity index (χ4v) is 2.30. The van der Waals surface area contributed by atoms with E-state index in [1.54, 1.807) is 4.90 Å². The molecule has 0 saturated carbocycles. The normalized spacial score (nSPS) is 15.6. The van der Waals surface area contributed by atoms with E-state index in [0.717, 1.165) is 5.56 Å². The minimum absolute atomic E-state index is 0.249. The molecule has 0 radical (unpaired) electrons. The Labute approximate surface area is 127 Å². The minimum atomic E-state index is -0.712. The lowest BCUT2D eigenvalue weighted by molar-refractivity contribution is -0.485. The molecule has 0 aromatic heterocycles. The van der Waals surface area contributed by atoms with Crippen molar-refractivity contribution in [1.29, 1.82) is 0 Å². The van der Waals surface area contributed by atoms with Gasteiger partial charge in [0.05, 0.1) is 21.3 Å². The van der Waals surface area contributed by atoms with Gasteiger partial charge in [-0.1, -0.05) is 0 Å². The van der Waals surface area contributed by atoms with Crippen LogP contribution >= 0.6 is 0 Å². The molecule has 1 aromatic carbocycles. The van der Waals surface area contributed by atoms with Crippen molar-refractivity contribution in [3.8, 4) is 17.2 Å². The van der Waals surface area contributed by atoms with E-state index in [4.69, 9.17) is 14.2 Å². The van der Waals surface area contributed by atoms with E-state index in [1.807, 2.05) is 12.1 Å². The molecule has 120 valence electrons. The standard InChI is InChI=1S/C13H18N4O5/c1-20-10-6-9(7-11(21-2)12(10)22-3)8-16-5-4-14-13(16)15-17(18)19/h6-7H,4-5,8H2,1-3H3,(H,14,15). The highest BCUT2D eigenvalue weighted by atomic mass is 16.7. The smallest absolute Gasteiger partial charge is 0.271 e. The molecule has 1 aliphatic heterocycles. The van der Waals surface area contributed by atoms with Gasteiger partial charge in [0.2, 0.25) is 5.75 Å². The summed E-state index contributed by atoms with van der Waals surface area (Å²) in [6.07, 6.45) is 0. The number of hydrogen-bond acceptors (Lipinski definition) is 5. The second-order valence-corrected chi connectivity index (χ2v) is 4.54. The summed E-state index contributed by atoms with van der Waals surface area (Å²) in [5.74, 6) is 1.83. The molecule has 0 aliphatic carbocycles. The van der Waals surface area contributed by atoms with Gasteiger partial charge in [0.1, 0.15) is 5.10 Å². The monoisotopic (exact) mass is 310 g/mol. The number of nitrogens with zero attached hydrogens (tertiary/aromatic N) is 3. The first-order valence-electron chi connectivity index (χ1n) is 6.59. The Morgan fingerprint density at radius 2 is 1.91 bits per heavy atom. The Morgan fingerprint density at radius 1 is 1.27 bits per heavy atom. The Bertz CT molecular complexity index is 565. The van der Waals surface area contributed by atoms with Gasteiger partial charge in [0.25, 0.3) is 5.96 Å². The number of benzene rings is 1. The fraction of sp³-hybridized carbons (Fsp3) is 0.462. The van der Waals surface area contributed by atoms with Gasteiger partial charge in [-0.3, -0.25) is 0 Å². The second kappa shape index (κ2) is 6.83. The van der Waals surface area contributed by atoms with Crippen LogP contribution in [0.4, 0.5) is 0 Å². The van der Waals surface area contributed by atoms with E-state index in [2.05, 4.69) is 10.4 Å². The van der Waals surface area contributed by atoms with Crippen LogP contribution in [0.15, 0.2) is 17.2 Å². The summed E-state index contributed by atoms with van der Waals surface area (Å²) < 4.78 is 15.9. The molecule has 0 spiro atoms. The quantitative estimate of drug-likeness (QED) is 0.609. The maximum Gasteiger partial charge on any atom is 0.271 e. The summed E-state index contributed by atoms with van der Waals surface area (Å²) in [7, 11) is 4.61. The lowest BCUT2D eigenvalue weighted by Gasteiger charge is -2.18. The predicted octanol–water partition coefficient (Wildman–Crippen LogP) is 0.665. The molecule has 9 nitrogen and oxygen atoms in total. The Balaban J connectivity index is 2.27. The van der Waals surface area contributed by atoms with Crippen LogP contribution in [-0.2, 0) is 6.54 Å². The number of hydrazone groups is 1. The van der Waals surface area contributed by atoms with Gasteiger partial charge in [-0.05, 0) is 17.7 Å². The molecule has 1 aromatic rings. The van der Waals surface area contributed by atoms with Crippen LogP contribution in [0.2, 0.25) is 0 Å². The first-order chi connectivity index (χ1) is 10.6. The van der Waals surface area contributed by atoms with Gasteiger partial charge < -0.3 is 24.4 Å². The molecule has 0 atom stereocenters. The molecule has 0 bridgehead atoms. The van der Waals surface area contributed by atoms with Crippen LogP contribution in [0.5, 0.6) is 17.2 Å². The highest BCUT2D eigenvalue weighted by Gasteiger charge is 2.23. The zero-order chi connectivity index (χ0) is 16.1. The van der Waals surface area contributed by atoms with E-state index in [0.29, 0.717) is 36.9 Å². The summed E-state index contributed by atoms with van der Waals surface area (Å²) in [6.45, 7) is 1.68. The second-order valence-electron chi connectivity index (χ2n) is 4.54.